The van der Waals surface area contributed by atoms with Gasteiger partial charge in [0.2, 0.25) is 0 Å². The number of methoxy groups -OCH3 is 1. The van der Waals surface area contributed by atoms with Gasteiger partial charge in [0.1, 0.15) is 5.76 Å². The van der Waals surface area contributed by atoms with Gasteiger partial charge in [-0.1, -0.05) is 0 Å². The lowest BCUT2D eigenvalue weighted by Gasteiger charge is -2.00. The Hall–Kier alpha value is -0.660. The molecule has 0 saturated heterocycles. The monoisotopic (exact) mass is 127 g/mol. The fourth-order valence-electron chi connectivity index (χ4n) is 0.945. The highest BCUT2D eigenvalue weighted by Gasteiger charge is 1.99. The molecule has 0 bridgehead atoms. The molecule has 0 fully saturated rings. The molecule has 1 heterocycles. The van der Waals surface area contributed by atoms with Crippen molar-refractivity contribution < 1.29 is 4.74 Å². The number of nitrogens with one attached hydrogen (secondary N) is 1. The standard InChI is InChI=1S/C7H13NO/c1-9-7-4-2-3-5-8-6-7/h6,8H,2-5H2,1H3. The summed E-state index contributed by atoms with van der Waals surface area (Å²) in [5.41, 5.74) is 0. The average Bonchev–Trinajstić information content (AvgIpc) is 2.13. The summed E-state index contributed by atoms with van der Waals surface area (Å²) in [6.45, 7) is 1.09. The largest absolute Gasteiger partial charge is 0.500 e. The van der Waals surface area contributed by atoms with Crippen LogP contribution in [0.5, 0.6) is 0 Å². The maximum absolute atomic E-state index is 5.07. The van der Waals surface area contributed by atoms with E-state index < -0.39 is 0 Å². The molecule has 1 aliphatic heterocycles. The molecule has 9 heavy (non-hydrogen) atoms. The number of hydrogen-bond acceptors (Lipinski definition) is 2. The maximum atomic E-state index is 5.07. The van der Waals surface area contributed by atoms with E-state index in [9.17, 15) is 0 Å². The van der Waals surface area contributed by atoms with E-state index in [0.29, 0.717) is 0 Å². The number of rotatable bonds is 1. The first-order valence-corrected chi connectivity index (χ1v) is 3.40. The normalized spacial score (nSPS) is 19.4. The predicted molar refractivity (Wildman–Crippen MR) is 36.9 cm³/mol. The van der Waals surface area contributed by atoms with Crippen molar-refractivity contribution in [3.8, 4) is 0 Å². The molecule has 0 atom stereocenters. The van der Waals surface area contributed by atoms with Crippen LogP contribution in [0, 0.1) is 0 Å². The third kappa shape index (κ3) is 1.96. The number of ether oxygens (including phenoxy) is 1. The lowest BCUT2D eigenvalue weighted by atomic mass is 10.2. The summed E-state index contributed by atoms with van der Waals surface area (Å²) in [6, 6.07) is 0. The van der Waals surface area contributed by atoms with Gasteiger partial charge < -0.3 is 10.1 Å². The molecule has 52 valence electrons. The van der Waals surface area contributed by atoms with Gasteiger partial charge in [0.15, 0.2) is 0 Å². The van der Waals surface area contributed by atoms with Gasteiger partial charge in [-0.15, -0.1) is 0 Å². The number of allylic oxidation sites excluding steroid dienone is 1. The zero-order valence-corrected chi connectivity index (χ0v) is 5.81. The molecule has 0 aromatic heterocycles. The second-order valence-corrected chi connectivity index (χ2v) is 2.23. The summed E-state index contributed by atoms with van der Waals surface area (Å²) < 4.78 is 5.07. The molecule has 0 aromatic carbocycles. The minimum absolute atomic E-state index is 1.08. The van der Waals surface area contributed by atoms with Crippen molar-refractivity contribution in [3.05, 3.63) is 12.0 Å². The lowest BCUT2D eigenvalue weighted by Crippen LogP contribution is -2.04. The van der Waals surface area contributed by atoms with Gasteiger partial charge >= 0.3 is 0 Å². The topological polar surface area (TPSA) is 21.3 Å². The Morgan fingerprint density at radius 1 is 1.56 bits per heavy atom. The third-order valence-electron chi connectivity index (χ3n) is 1.52. The highest BCUT2D eigenvalue weighted by atomic mass is 16.5. The van der Waals surface area contributed by atoms with Gasteiger partial charge in [-0.2, -0.15) is 0 Å². The fraction of sp³-hybridized carbons (Fsp3) is 0.714. The SMILES string of the molecule is COC1=CNCCCC1. The molecule has 2 heteroatoms. The van der Waals surface area contributed by atoms with Gasteiger partial charge in [-0.3, -0.25) is 0 Å². The predicted octanol–water partition coefficient (Wildman–Crippen LogP) is 1.25. The Labute approximate surface area is 55.9 Å². The minimum atomic E-state index is 1.08. The molecule has 0 radical (unpaired) electrons. The van der Waals surface area contributed by atoms with Crippen LogP contribution in [-0.4, -0.2) is 13.7 Å². The van der Waals surface area contributed by atoms with Crippen molar-refractivity contribution in [1.82, 2.24) is 5.32 Å². The van der Waals surface area contributed by atoms with Crippen molar-refractivity contribution in [3.63, 3.8) is 0 Å². The maximum Gasteiger partial charge on any atom is 0.111 e. The molecule has 0 aromatic rings. The van der Waals surface area contributed by atoms with E-state index in [0.717, 1.165) is 18.7 Å². The molecule has 0 amide bonds. The van der Waals surface area contributed by atoms with Gasteiger partial charge in [0, 0.05) is 19.2 Å². The Bertz CT molecular complexity index is 109. The molecule has 2 nitrogen and oxygen atoms in total. The van der Waals surface area contributed by atoms with Crippen LogP contribution in [0.25, 0.3) is 0 Å². The van der Waals surface area contributed by atoms with E-state index in [1.54, 1.807) is 7.11 Å². The van der Waals surface area contributed by atoms with Crippen molar-refractivity contribution in [2.24, 2.45) is 0 Å². The van der Waals surface area contributed by atoms with Crippen LogP contribution in [0.3, 0.4) is 0 Å². The highest BCUT2D eigenvalue weighted by molar-refractivity contribution is 4.92. The van der Waals surface area contributed by atoms with Crippen molar-refractivity contribution >= 4 is 0 Å². The van der Waals surface area contributed by atoms with Crippen molar-refractivity contribution in [1.29, 1.82) is 0 Å². The Balaban J connectivity index is 2.37. The van der Waals surface area contributed by atoms with Crippen LogP contribution in [0.2, 0.25) is 0 Å². The van der Waals surface area contributed by atoms with E-state index >= 15 is 0 Å². The fourth-order valence-corrected chi connectivity index (χ4v) is 0.945. The molecule has 0 spiro atoms. The first-order valence-electron chi connectivity index (χ1n) is 3.40. The van der Waals surface area contributed by atoms with Crippen LogP contribution < -0.4 is 5.32 Å². The summed E-state index contributed by atoms with van der Waals surface area (Å²) in [5.74, 6) is 1.08. The third-order valence-corrected chi connectivity index (χ3v) is 1.52. The van der Waals surface area contributed by atoms with Crippen molar-refractivity contribution in [2.45, 2.75) is 19.3 Å². The first kappa shape index (κ1) is 6.46. The van der Waals surface area contributed by atoms with E-state index in [1.165, 1.54) is 12.8 Å². The second-order valence-electron chi connectivity index (χ2n) is 2.23. The molecule has 0 saturated carbocycles. The lowest BCUT2D eigenvalue weighted by molar-refractivity contribution is 0.275. The zero-order valence-electron chi connectivity index (χ0n) is 5.81. The molecular formula is C7H13NO. The summed E-state index contributed by atoms with van der Waals surface area (Å²) in [6.07, 6.45) is 5.55. The van der Waals surface area contributed by atoms with E-state index in [2.05, 4.69) is 5.32 Å². The van der Waals surface area contributed by atoms with E-state index in [1.807, 2.05) is 6.20 Å². The van der Waals surface area contributed by atoms with Gasteiger partial charge in [0.25, 0.3) is 0 Å². The smallest absolute Gasteiger partial charge is 0.111 e. The summed E-state index contributed by atoms with van der Waals surface area (Å²) in [4.78, 5) is 0. The quantitative estimate of drug-likeness (QED) is 0.572. The number of hydrogen-bond donors (Lipinski definition) is 1. The van der Waals surface area contributed by atoms with Crippen LogP contribution in [0.1, 0.15) is 19.3 Å². The van der Waals surface area contributed by atoms with Crippen LogP contribution in [0.4, 0.5) is 0 Å². The first-order chi connectivity index (χ1) is 4.43. The Morgan fingerprint density at radius 2 is 2.44 bits per heavy atom. The zero-order chi connectivity index (χ0) is 6.53. The second kappa shape index (κ2) is 3.38. The van der Waals surface area contributed by atoms with Crippen LogP contribution in [0.15, 0.2) is 12.0 Å². The Kier molecular flexibility index (Phi) is 2.43. The van der Waals surface area contributed by atoms with E-state index in [4.69, 9.17) is 4.74 Å². The minimum Gasteiger partial charge on any atom is -0.500 e. The van der Waals surface area contributed by atoms with E-state index in [-0.39, 0.29) is 0 Å². The van der Waals surface area contributed by atoms with Crippen LogP contribution in [-0.2, 0) is 4.74 Å². The highest BCUT2D eigenvalue weighted by Crippen LogP contribution is 2.08. The molecular weight excluding hydrogens is 114 g/mol. The summed E-state index contributed by atoms with van der Waals surface area (Å²) >= 11 is 0. The summed E-state index contributed by atoms with van der Waals surface area (Å²) in [5, 5.41) is 3.16. The molecule has 0 aliphatic carbocycles. The van der Waals surface area contributed by atoms with Crippen molar-refractivity contribution in [2.75, 3.05) is 13.7 Å². The van der Waals surface area contributed by atoms with Gasteiger partial charge in [-0.25, -0.2) is 0 Å². The average molecular weight is 127 g/mol. The molecule has 0 unspecified atom stereocenters. The molecule has 1 N–H and O–H groups in total. The van der Waals surface area contributed by atoms with Gasteiger partial charge in [0.05, 0.1) is 7.11 Å². The Morgan fingerprint density at radius 3 is 3.22 bits per heavy atom. The van der Waals surface area contributed by atoms with Crippen LogP contribution >= 0.6 is 0 Å². The summed E-state index contributed by atoms with van der Waals surface area (Å²) in [7, 11) is 1.72. The van der Waals surface area contributed by atoms with Gasteiger partial charge in [-0.05, 0) is 12.8 Å². The molecule has 1 aliphatic rings. The molecule has 1 rings (SSSR count).